The largest absolute Gasteiger partial charge is 0.304 e. The molecule has 0 saturated heterocycles. The molecule has 0 atom stereocenters. The highest BCUT2D eigenvalue weighted by Gasteiger charge is 2.24. The fraction of sp³-hybridized carbons (Fsp3) is 0.412. The van der Waals surface area contributed by atoms with Crippen LogP contribution in [0.4, 0.5) is 0 Å². The number of fused-ring (bicyclic) bond motifs is 1. The van der Waals surface area contributed by atoms with E-state index in [9.17, 15) is 4.79 Å². The van der Waals surface area contributed by atoms with E-state index in [2.05, 4.69) is 20.1 Å². The molecule has 0 spiro atoms. The smallest absolute Gasteiger partial charge is 0.262 e. The average molecular weight is 309 g/mol. The lowest BCUT2D eigenvalue weighted by atomic mass is 9.86. The first kappa shape index (κ1) is 14.1. The topological polar surface area (TPSA) is 76.5 Å². The summed E-state index contributed by atoms with van der Waals surface area (Å²) in [7, 11) is 1.85. The van der Waals surface area contributed by atoms with Gasteiger partial charge < -0.3 is 4.98 Å². The summed E-state index contributed by atoms with van der Waals surface area (Å²) in [4.78, 5) is 24.4. The van der Waals surface area contributed by atoms with Crippen LogP contribution in [0.1, 0.15) is 43.7 Å². The van der Waals surface area contributed by atoms with Crippen LogP contribution >= 0.6 is 0 Å². The van der Waals surface area contributed by atoms with Crippen molar-refractivity contribution in [1.82, 2.24) is 24.7 Å². The van der Waals surface area contributed by atoms with Crippen LogP contribution in [0.2, 0.25) is 0 Å². The first-order valence-corrected chi connectivity index (χ1v) is 8.12. The van der Waals surface area contributed by atoms with Crippen molar-refractivity contribution in [2.45, 2.75) is 38.0 Å². The van der Waals surface area contributed by atoms with Gasteiger partial charge in [-0.25, -0.2) is 9.67 Å². The first-order valence-electron chi connectivity index (χ1n) is 8.12. The number of nitrogens with zero attached hydrogens (tertiary/aromatic N) is 4. The van der Waals surface area contributed by atoms with E-state index in [1.54, 1.807) is 10.9 Å². The van der Waals surface area contributed by atoms with Crippen molar-refractivity contribution in [3.63, 3.8) is 0 Å². The Morgan fingerprint density at radius 3 is 2.78 bits per heavy atom. The van der Waals surface area contributed by atoms with Crippen LogP contribution in [-0.4, -0.2) is 24.7 Å². The third-order valence-electron chi connectivity index (χ3n) is 4.62. The van der Waals surface area contributed by atoms with Gasteiger partial charge in [0.15, 0.2) is 11.5 Å². The molecule has 3 aromatic heterocycles. The van der Waals surface area contributed by atoms with Gasteiger partial charge in [-0.3, -0.25) is 9.78 Å². The molecule has 118 valence electrons. The summed E-state index contributed by atoms with van der Waals surface area (Å²) in [5, 5.41) is 5.26. The van der Waals surface area contributed by atoms with Crippen LogP contribution in [-0.2, 0) is 7.05 Å². The van der Waals surface area contributed by atoms with Gasteiger partial charge in [0.25, 0.3) is 5.56 Å². The Morgan fingerprint density at radius 1 is 1.22 bits per heavy atom. The highest BCUT2D eigenvalue weighted by atomic mass is 16.1. The van der Waals surface area contributed by atoms with Crippen molar-refractivity contribution in [2.75, 3.05) is 0 Å². The van der Waals surface area contributed by atoms with Crippen LogP contribution in [0, 0.1) is 0 Å². The molecule has 1 fully saturated rings. The Labute approximate surface area is 133 Å². The van der Waals surface area contributed by atoms with Gasteiger partial charge >= 0.3 is 0 Å². The number of hydrogen-bond donors (Lipinski definition) is 1. The lowest BCUT2D eigenvalue weighted by Gasteiger charge is -2.19. The molecular formula is C17H19N5O. The minimum atomic E-state index is -0.121. The predicted molar refractivity (Wildman–Crippen MR) is 88.2 cm³/mol. The van der Waals surface area contributed by atoms with E-state index >= 15 is 0 Å². The highest BCUT2D eigenvalue weighted by molar-refractivity contribution is 5.79. The number of pyridine rings is 1. The van der Waals surface area contributed by atoms with Crippen molar-refractivity contribution in [2.24, 2.45) is 7.05 Å². The zero-order chi connectivity index (χ0) is 15.8. The number of aromatic amines is 1. The molecule has 1 aliphatic carbocycles. The Hall–Kier alpha value is -2.50. The van der Waals surface area contributed by atoms with Crippen LogP contribution < -0.4 is 5.56 Å². The molecule has 6 heteroatoms. The predicted octanol–water partition coefficient (Wildman–Crippen LogP) is 2.77. The summed E-state index contributed by atoms with van der Waals surface area (Å²) in [5.74, 6) is 0.859. The van der Waals surface area contributed by atoms with Crippen LogP contribution in [0.5, 0.6) is 0 Å². The van der Waals surface area contributed by atoms with Gasteiger partial charge in [0.05, 0.1) is 5.69 Å². The van der Waals surface area contributed by atoms with Crippen molar-refractivity contribution in [1.29, 1.82) is 0 Å². The molecular weight excluding hydrogens is 290 g/mol. The van der Waals surface area contributed by atoms with E-state index in [1.165, 1.54) is 19.3 Å². The maximum atomic E-state index is 12.7. The highest BCUT2D eigenvalue weighted by Crippen LogP contribution is 2.34. The van der Waals surface area contributed by atoms with Crippen LogP contribution in [0.25, 0.3) is 22.6 Å². The van der Waals surface area contributed by atoms with Crippen molar-refractivity contribution >= 4 is 11.0 Å². The molecule has 0 aromatic carbocycles. The van der Waals surface area contributed by atoms with Crippen LogP contribution in [0.15, 0.2) is 29.2 Å². The zero-order valence-electron chi connectivity index (χ0n) is 13.1. The van der Waals surface area contributed by atoms with Crippen LogP contribution in [0.3, 0.4) is 0 Å². The number of aromatic nitrogens is 5. The Kier molecular flexibility index (Phi) is 3.44. The molecule has 4 rings (SSSR count). The molecule has 1 N–H and O–H groups in total. The fourth-order valence-electron chi connectivity index (χ4n) is 3.47. The van der Waals surface area contributed by atoms with E-state index in [-0.39, 0.29) is 5.56 Å². The summed E-state index contributed by atoms with van der Waals surface area (Å²) < 4.78 is 1.72. The average Bonchev–Trinajstić information content (AvgIpc) is 2.94. The number of nitrogens with one attached hydrogen (secondary N) is 1. The SMILES string of the molecule is Cn1nc(C2CCCCC2)c2c(=O)[nH]c(-c3ccccn3)nc21. The van der Waals surface area contributed by atoms with E-state index < -0.39 is 0 Å². The zero-order valence-corrected chi connectivity index (χ0v) is 13.1. The lowest BCUT2D eigenvalue weighted by molar-refractivity contribution is 0.435. The number of H-pyrrole nitrogens is 1. The Bertz CT molecular complexity index is 890. The van der Waals surface area contributed by atoms with E-state index in [1.807, 2.05) is 25.2 Å². The lowest BCUT2D eigenvalue weighted by Crippen LogP contribution is -2.13. The van der Waals surface area contributed by atoms with Gasteiger partial charge in [-0.1, -0.05) is 25.3 Å². The standard InChI is InChI=1S/C17H19N5O/c1-22-16-13(14(21-22)11-7-3-2-4-8-11)17(23)20-15(19-16)12-9-5-6-10-18-12/h5-6,9-11H,2-4,7-8H2,1H3,(H,19,20,23). The maximum absolute atomic E-state index is 12.7. The fourth-order valence-corrected chi connectivity index (χ4v) is 3.47. The summed E-state index contributed by atoms with van der Waals surface area (Å²) >= 11 is 0. The quantitative estimate of drug-likeness (QED) is 0.789. The normalized spacial score (nSPS) is 16.0. The van der Waals surface area contributed by atoms with Gasteiger partial charge in [0.1, 0.15) is 11.1 Å². The van der Waals surface area contributed by atoms with E-state index in [0.717, 1.165) is 18.5 Å². The molecule has 0 unspecified atom stereocenters. The van der Waals surface area contributed by atoms with Crippen molar-refractivity contribution in [3.8, 4) is 11.5 Å². The monoisotopic (exact) mass is 309 g/mol. The third-order valence-corrected chi connectivity index (χ3v) is 4.62. The molecule has 0 radical (unpaired) electrons. The summed E-state index contributed by atoms with van der Waals surface area (Å²) in [6.45, 7) is 0. The van der Waals surface area contributed by atoms with Crippen molar-refractivity contribution in [3.05, 3.63) is 40.4 Å². The molecule has 3 heterocycles. The van der Waals surface area contributed by atoms with Gasteiger partial charge in [-0.2, -0.15) is 5.10 Å². The Morgan fingerprint density at radius 2 is 2.04 bits per heavy atom. The van der Waals surface area contributed by atoms with Gasteiger partial charge in [0.2, 0.25) is 0 Å². The molecule has 6 nitrogen and oxygen atoms in total. The van der Waals surface area contributed by atoms with Gasteiger partial charge in [-0.05, 0) is 25.0 Å². The molecule has 1 saturated carbocycles. The third kappa shape index (κ3) is 2.44. The van der Waals surface area contributed by atoms with E-state index in [0.29, 0.717) is 28.5 Å². The number of rotatable bonds is 2. The summed E-state index contributed by atoms with van der Waals surface area (Å²) in [6.07, 6.45) is 7.59. The first-order chi connectivity index (χ1) is 11.2. The minimum Gasteiger partial charge on any atom is -0.304 e. The minimum absolute atomic E-state index is 0.121. The van der Waals surface area contributed by atoms with Gasteiger partial charge in [-0.15, -0.1) is 0 Å². The second kappa shape index (κ2) is 5.61. The molecule has 1 aliphatic rings. The number of aryl methyl sites for hydroxylation is 1. The van der Waals surface area contributed by atoms with Crippen molar-refractivity contribution < 1.29 is 0 Å². The summed E-state index contributed by atoms with van der Waals surface area (Å²) in [5.41, 5.74) is 2.08. The Balaban J connectivity index is 1.88. The second-order valence-corrected chi connectivity index (χ2v) is 6.17. The summed E-state index contributed by atoms with van der Waals surface area (Å²) in [6, 6.07) is 5.55. The molecule has 0 aliphatic heterocycles. The molecule has 0 bridgehead atoms. The molecule has 23 heavy (non-hydrogen) atoms. The maximum Gasteiger partial charge on any atom is 0.262 e. The molecule has 0 amide bonds. The molecule has 3 aromatic rings. The van der Waals surface area contributed by atoms with Gasteiger partial charge in [0, 0.05) is 19.2 Å². The van der Waals surface area contributed by atoms with E-state index in [4.69, 9.17) is 0 Å². The number of hydrogen-bond acceptors (Lipinski definition) is 4. The second-order valence-electron chi connectivity index (χ2n) is 6.17.